The van der Waals surface area contributed by atoms with Gasteiger partial charge in [0.1, 0.15) is 18.0 Å². The largest absolute Gasteiger partial charge is 0.486 e. The first kappa shape index (κ1) is 14.3. The lowest BCUT2D eigenvalue weighted by Gasteiger charge is -2.40. The van der Waals surface area contributed by atoms with E-state index in [1.165, 1.54) is 0 Å². The van der Waals surface area contributed by atoms with E-state index in [9.17, 15) is 0 Å². The summed E-state index contributed by atoms with van der Waals surface area (Å²) < 4.78 is 11.5. The molecule has 2 rings (SSSR count). The van der Waals surface area contributed by atoms with Crippen LogP contribution in [0.3, 0.4) is 0 Å². The van der Waals surface area contributed by atoms with E-state index in [0.29, 0.717) is 22.4 Å². The molecule has 100 valence electrons. The Kier molecular flexibility index (Phi) is 5.02. The lowest BCUT2D eigenvalue weighted by Crippen LogP contribution is -2.52. The predicted octanol–water partition coefficient (Wildman–Crippen LogP) is 4.55. The van der Waals surface area contributed by atoms with Crippen LogP contribution in [0.4, 0.5) is 0 Å². The highest BCUT2D eigenvalue weighted by Gasteiger charge is 2.42. The molecule has 0 saturated heterocycles. The number of halogens is 3. The molecule has 5 heteroatoms. The van der Waals surface area contributed by atoms with Crippen molar-refractivity contribution in [3.63, 3.8) is 0 Å². The smallest absolute Gasteiger partial charge is 0.138 e. The van der Waals surface area contributed by atoms with Crippen molar-refractivity contribution in [3.05, 3.63) is 28.2 Å². The minimum atomic E-state index is -0.0571. The molecule has 0 amide bonds. The van der Waals surface area contributed by atoms with E-state index in [4.69, 9.17) is 44.3 Å². The van der Waals surface area contributed by atoms with E-state index in [1.54, 1.807) is 18.2 Å². The third-order valence-electron chi connectivity index (χ3n) is 2.87. The third kappa shape index (κ3) is 3.24. The van der Waals surface area contributed by atoms with Gasteiger partial charge in [0, 0.05) is 18.1 Å². The van der Waals surface area contributed by atoms with Gasteiger partial charge in [-0.25, -0.2) is 0 Å². The van der Waals surface area contributed by atoms with Crippen molar-refractivity contribution in [1.82, 2.24) is 0 Å². The number of rotatable bonds is 5. The molecular weight excluding hydrogens is 294 g/mol. The molecule has 0 bridgehead atoms. The molecular formula is C13H15Cl3O2. The van der Waals surface area contributed by atoms with Gasteiger partial charge in [0.2, 0.25) is 0 Å². The summed E-state index contributed by atoms with van der Waals surface area (Å²) in [4.78, 5) is 0. The van der Waals surface area contributed by atoms with Crippen molar-refractivity contribution < 1.29 is 9.47 Å². The van der Waals surface area contributed by atoms with Gasteiger partial charge >= 0.3 is 0 Å². The number of alkyl halides is 1. The summed E-state index contributed by atoms with van der Waals surface area (Å²) in [6.45, 7) is 2.76. The fourth-order valence-corrected chi connectivity index (χ4v) is 2.71. The highest BCUT2D eigenvalue weighted by Crippen LogP contribution is 2.36. The molecule has 3 unspecified atom stereocenters. The Bertz CT molecular complexity index is 411. The second kappa shape index (κ2) is 6.33. The van der Waals surface area contributed by atoms with Gasteiger partial charge in [0.15, 0.2) is 0 Å². The van der Waals surface area contributed by atoms with Crippen molar-refractivity contribution in [2.45, 2.75) is 37.4 Å². The van der Waals surface area contributed by atoms with Crippen molar-refractivity contribution in [2.75, 3.05) is 6.61 Å². The lowest BCUT2D eigenvalue weighted by atomic mass is 9.91. The summed E-state index contributed by atoms with van der Waals surface area (Å²) in [6.07, 6.45) is 1.65. The Balaban J connectivity index is 1.96. The summed E-state index contributed by atoms with van der Waals surface area (Å²) in [7, 11) is 0. The fraction of sp³-hybridized carbons (Fsp3) is 0.538. The normalized spacial score (nSPS) is 26.8. The molecule has 0 spiro atoms. The summed E-state index contributed by atoms with van der Waals surface area (Å²) in [5, 5.41) is 1.12. The molecule has 1 fully saturated rings. The van der Waals surface area contributed by atoms with Gasteiger partial charge in [0.05, 0.1) is 10.4 Å². The lowest BCUT2D eigenvalue weighted by molar-refractivity contribution is -0.0797. The Labute approximate surface area is 122 Å². The average Bonchev–Trinajstić information content (AvgIpc) is 2.32. The van der Waals surface area contributed by atoms with Gasteiger partial charge in [-0.15, -0.1) is 11.6 Å². The van der Waals surface area contributed by atoms with Crippen LogP contribution in [0.2, 0.25) is 10.0 Å². The van der Waals surface area contributed by atoms with E-state index in [2.05, 4.69) is 6.92 Å². The fourth-order valence-electron chi connectivity index (χ4n) is 1.84. The molecule has 2 nitrogen and oxygen atoms in total. The maximum atomic E-state index is 6.12. The molecule has 0 aliphatic heterocycles. The van der Waals surface area contributed by atoms with Gasteiger partial charge in [0.25, 0.3) is 0 Å². The summed E-state index contributed by atoms with van der Waals surface area (Å²) in [5.74, 6) is 0.625. The number of benzene rings is 1. The van der Waals surface area contributed by atoms with Gasteiger partial charge in [-0.2, -0.15) is 0 Å². The molecule has 1 aliphatic rings. The highest BCUT2D eigenvalue weighted by molar-refractivity contribution is 6.35. The summed E-state index contributed by atoms with van der Waals surface area (Å²) in [6, 6.07) is 5.18. The van der Waals surface area contributed by atoms with Crippen LogP contribution in [0.15, 0.2) is 18.2 Å². The van der Waals surface area contributed by atoms with Gasteiger partial charge in [-0.1, -0.05) is 30.1 Å². The molecule has 0 aromatic heterocycles. The van der Waals surface area contributed by atoms with Crippen molar-refractivity contribution in [2.24, 2.45) is 0 Å². The standard InChI is InChI=1S/C13H15Cl3O2/c1-2-5-17-13-10(16)7-12(13)18-11-4-3-8(14)6-9(11)15/h3-4,6,10,12-13H,2,5,7H2,1H3. The molecule has 0 N–H and O–H groups in total. The third-order valence-corrected chi connectivity index (χ3v) is 3.82. The van der Waals surface area contributed by atoms with E-state index in [-0.39, 0.29) is 17.6 Å². The van der Waals surface area contributed by atoms with Crippen LogP contribution in [0.5, 0.6) is 5.75 Å². The van der Waals surface area contributed by atoms with Gasteiger partial charge in [-0.05, 0) is 24.6 Å². The summed E-state index contributed by atoms with van der Waals surface area (Å²) >= 11 is 18.0. The molecule has 1 aromatic rings. The predicted molar refractivity (Wildman–Crippen MR) is 75.2 cm³/mol. The first-order valence-corrected chi connectivity index (χ1v) is 7.18. The van der Waals surface area contributed by atoms with Gasteiger partial charge in [-0.3, -0.25) is 0 Å². The van der Waals surface area contributed by atoms with E-state index >= 15 is 0 Å². The zero-order valence-electron chi connectivity index (χ0n) is 10.0. The van der Waals surface area contributed by atoms with Crippen molar-refractivity contribution in [1.29, 1.82) is 0 Å². The molecule has 1 aliphatic carbocycles. The zero-order chi connectivity index (χ0) is 13.1. The summed E-state index contributed by atoms with van der Waals surface area (Å²) in [5.41, 5.74) is 0. The first-order chi connectivity index (χ1) is 8.61. The van der Waals surface area contributed by atoms with Crippen LogP contribution in [0, 0.1) is 0 Å². The van der Waals surface area contributed by atoms with E-state index in [1.807, 2.05) is 0 Å². The Morgan fingerprint density at radius 1 is 1.33 bits per heavy atom. The second-order valence-corrected chi connectivity index (χ2v) is 5.72. The number of ether oxygens (including phenoxy) is 2. The number of hydrogen-bond acceptors (Lipinski definition) is 2. The zero-order valence-corrected chi connectivity index (χ0v) is 12.3. The monoisotopic (exact) mass is 308 g/mol. The van der Waals surface area contributed by atoms with Crippen LogP contribution >= 0.6 is 34.8 Å². The Morgan fingerprint density at radius 2 is 2.11 bits per heavy atom. The minimum Gasteiger partial charge on any atom is -0.486 e. The Hall–Kier alpha value is -0.150. The van der Waals surface area contributed by atoms with Crippen LogP contribution in [-0.2, 0) is 4.74 Å². The van der Waals surface area contributed by atoms with Crippen molar-refractivity contribution in [3.8, 4) is 5.75 Å². The molecule has 1 aromatic carbocycles. The highest BCUT2D eigenvalue weighted by atomic mass is 35.5. The average molecular weight is 310 g/mol. The minimum absolute atomic E-state index is 0.0209. The maximum absolute atomic E-state index is 6.12. The van der Waals surface area contributed by atoms with Crippen LogP contribution in [-0.4, -0.2) is 24.2 Å². The topological polar surface area (TPSA) is 18.5 Å². The molecule has 0 heterocycles. The van der Waals surface area contributed by atoms with Crippen LogP contribution in [0.25, 0.3) is 0 Å². The molecule has 1 saturated carbocycles. The van der Waals surface area contributed by atoms with Crippen LogP contribution < -0.4 is 4.74 Å². The van der Waals surface area contributed by atoms with Crippen molar-refractivity contribution >= 4 is 34.8 Å². The van der Waals surface area contributed by atoms with Gasteiger partial charge < -0.3 is 9.47 Å². The molecule has 18 heavy (non-hydrogen) atoms. The molecule has 0 radical (unpaired) electrons. The second-order valence-electron chi connectivity index (χ2n) is 4.32. The first-order valence-electron chi connectivity index (χ1n) is 5.99. The van der Waals surface area contributed by atoms with Crippen LogP contribution in [0.1, 0.15) is 19.8 Å². The Morgan fingerprint density at radius 3 is 2.72 bits per heavy atom. The van der Waals surface area contributed by atoms with E-state index < -0.39 is 0 Å². The number of hydrogen-bond donors (Lipinski definition) is 0. The maximum Gasteiger partial charge on any atom is 0.138 e. The SMILES string of the molecule is CCCOC1C(Cl)CC1Oc1ccc(Cl)cc1Cl. The quantitative estimate of drug-likeness (QED) is 0.743. The molecule has 3 atom stereocenters. The van der Waals surface area contributed by atoms with E-state index in [0.717, 1.165) is 12.8 Å².